The molecule has 1 aromatic carbocycles. The van der Waals surface area contributed by atoms with Crippen LogP contribution in [0.25, 0.3) is 0 Å². The van der Waals surface area contributed by atoms with Gasteiger partial charge in [-0.15, -0.1) is 0 Å². The van der Waals surface area contributed by atoms with Crippen LogP contribution in [0.15, 0.2) is 23.1 Å². The number of carbonyl (C=O) groups is 1. The third-order valence-corrected chi connectivity index (χ3v) is 4.05. The number of nitrogens with one attached hydrogen (secondary N) is 1. The molecule has 0 heterocycles. The van der Waals surface area contributed by atoms with Gasteiger partial charge in [-0.05, 0) is 18.2 Å². The Labute approximate surface area is 120 Å². The van der Waals surface area contributed by atoms with Crippen molar-refractivity contribution >= 4 is 27.6 Å². The summed E-state index contributed by atoms with van der Waals surface area (Å²) in [5.74, 6) is -0.953. The van der Waals surface area contributed by atoms with E-state index >= 15 is 0 Å². The lowest BCUT2D eigenvalue weighted by Gasteiger charge is -2.10. The predicted octanol–water partition coefficient (Wildman–Crippen LogP) is 0.0239. The van der Waals surface area contributed by atoms with Crippen molar-refractivity contribution in [2.45, 2.75) is 11.0 Å². The van der Waals surface area contributed by atoms with Gasteiger partial charge in [-0.25, -0.2) is 17.9 Å². The molecule has 2 N–H and O–H groups in total. The molecule has 0 saturated carbocycles. The Hall–Kier alpha value is -1.66. The zero-order chi connectivity index (χ0) is 15.3. The molecule has 0 saturated heterocycles. The summed E-state index contributed by atoms with van der Waals surface area (Å²) in [4.78, 5) is 10.8. The van der Waals surface area contributed by atoms with Gasteiger partial charge in [0.15, 0.2) is 6.10 Å². The summed E-state index contributed by atoms with van der Waals surface area (Å²) in [6, 6.07) is 5.35. The number of hydrogen-bond acceptors (Lipinski definition) is 6. The van der Waals surface area contributed by atoms with E-state index in [-0.39, 0.29) is 15.5 Å². The predicted molar refractivity (Wildman–Crippen MR) is 69.4 cm³/mol. The molecular weight excluding hydrogens is 308 g/mol. The van der Waals surface area contributed by atoms with E-state index < -0.39 is 28.6 Å². The van der Waals surface area contributed by atoms with Crippen LogP contribution in [0.1, 0.15) is 5.56 Å². The first-order chi connectivity index (χ1) is 9.31. The van der Waals surface area contributed by atoms with Crippen molar-refractivity contribution in [2.24, 2.45) is 0 Å². The largest absolute Gasteiger partial charge is 0.467 e. The van der Waals surface area contributed by atoms with Crippen molar-refractivity contribution in [3.8, 4) is 6.07 Å². The lowest BCUT2D eigenvalue weighted by molar-refractivity contribution is -0.149. The number of hydrogen-bond donors (Lipinski definition) is 2. The fourth-order valence-corrected chi connectivity index (χ4v) is 2.60. The molecule has 0 spiro atoms. The van der Waals surface area contributed by atoms with Gasteiger partial charge in [0.1, 0.15) is 6.07 Å². The van der Waals surface area contributed by atoms with Crippen LogP contribution in [-0.2, 0) is 19.6 Å². The fraction of sp³-hybridized carbons (Fsp3) is 0.273. The summed E-state index contributed by atoms with van der Waals surface area (Å²) < 4.78 is 30.1. The maximum atomic E-state index is 11.9. The Balaban J connectivity index is 2.87. The Bertz CT molecular complexity index is 653. The molecule has 1 rings (SSSR count). The van der Waals surface area contributed by atoms with Gasteiger partial charge < -0.3 is 9.84 Å². The van der Waals surface area contributed by atoms with E-state index in [2.05, 4.69) is 4.74 Å². The highest BCUT2D eigenvalue weighted by Gasteiger charge is 2.21. The number of sulfonamides is 1. The minimum atomic E-state index is -3.96. The third-order valence-electron chi connectivity index (χ3n) is 2.31. The topological polar surface area (TPSA) is 116 Å². The average molecular weight is 319 g/mol. The molecule has 0 aliphatic carbocycles. The van der Waals surface area contributed by atoms with E-state index in [1.54, 1.807) is 6.07 Å². The molecule has 20 heavy (non-hydrogen) atoms. The highest BCUT2D eigenvalue weighted by molar-refractivity contribution is 7.89. The quantitative estimate of drug-likeness (QED) is 0.739. The molecule has 1 atom stereocenters. The number of aliphatic hydroxyl groups excluding tert-OH is 1. The van der Waals surface area contributed by atoms with E-state index in [0.29, 0.717) is 0 Å². The number of benzene rings is 1. The second-order valence-electron chi connectivity index (χ2n) is 3.64. The highest BCUT2D eigenvalue weighted by Crippen LogP contribution is 2.19. The number of methoxy groups -OCH3 is 1. The molecule has 0 aliphatic rings. The lowest BCUT2D eigenvalue weighted by atomic mass is 10.2. The second kappa shape index (κ2) is 6.67. The second-order valence-corrected chi connectivity index (χ2v) is 5.82. The maximum absolute atomic E-state index is 11.9. The molecule has 108 valence electrons. The zero-order valence-electron chi connectivity index (χ0n) is 10.3. The molecule has 7 nitrogen and oxygen atoms in total. The number of nitriles is 1. The highest BCUT2D eigenvalue weighted by atomic mass is 35.5. The van der Waals surface area contributed by atoms with Gasteiger partial charge in [-0.3, -0.25) is 0 Å². The normalized spacial score (nSPS) is 12.5. The number of carbonyl (C=O) groups excluding carboxylic acids is 1. The van der Waals surface area contributed by atoms with E-state index in [9.17, 15) is 18.3 Å². The summed E-state index contributed by atoms with van der Waals surface area (Å²) in [7, 11) is -2.89. The summed E-state index contributed by atoms with van der Waals surface area (Å²) in [5.41, 5.74) is 0.139. The van der Waals surface area contributed by atoms with Crippen LogP contribution in [0, 0.1) is 11.3 Å². The Morgan fingerprint density at radius 1 is 1.60 bits per heavy atom. The summed E-state index contributed by atoms with van der Waals surface area (Å²) in [6.07, 6.45) is -1.61. The number of halogens is 1. The van der Waals surface area contributed by atoms with Crippen LogP contribution < -0.4 is 4.72 Å². The fourth-order valence-electron chi connectivity index (χ4n) is 1.25. The van der Waals surface area contributed by atoms with Crippen LogP contribution in [0.3, 0.4) is 0 Å². The standard InChI is InChI=1S/C11H11ClN2O5S/c1-19-11(16)10(15)6-14-20(17,18)8-3-2-7(5-13)9(12)4-8/h2-4,10,14-15H,6H2,1H3. The van der Waals surface area contributed by atoms with Gasteiger partial charge in [-0.2, -0.15) is 5.26 Å². The monoisotopic (exact) mass is 318 g/mol. The van der Waals surface area contributed by atoms with Crippen molar-refractivity contribution in [3.05, 3.63) is 28.8 Å². The summed E-state index contributed by atoms with van der Waals surface area (Å²) in [6.45, 7) is -0.535. The van der Waals surface area contributed by atoms with Crippen molar-refractivity contribution in [1.82, 2.24) is 4.72 Å². The first-order valence-electron chi connectivity index (χ1n) is 5.27. The minimum Gasteiger partial charge on any atom is -0.467 e. The van der Waals surface area contributed by atoms with Crippen molar-refractivity contribution in [3.63, 3.8) is 0 Å². The number of esters is 1. The Morgan fingerprint density at radius 3 is 2.75 bits per heavy atom. The number of nitrogens with zero attached hydrogens (tertiary/aromatic N) is 1. The number of ether oxygens (including phenoxy) is 1. The first-order valence-corrected chi connectivity index (χ1v) is 7.13. The number of rotatable bonds is 5. The summed E-state index contributed by atoms with van der Waals surface area (Å²) in [5, 5.41) is 18.0. The molecule has 0 amide bonds. The molecule has 0 aliphatic heterocycles. The third kappa shape index (κ3) is 3.91. The Morgan fingerprint density at radius 2 is 2.25 bits per heavy atom. The van der Waals surface area contributed by atoms with E-state index in [4.69, 9.17) is 16.9 Å². The van der Waals surface area contributed by atoms with Gasteiger partial charge in [0, 0.05) is 6.54 Å². The Kier molecular flexibility index (Phi) is 5.47. The molecule has 0 radical (unpaired) electrons. The van der Waals surface area contributed by atoms with Crippen molar-refractivity contribution < 1.29 is 23.1 Å². The van der Waals surface area contributed by atoms with Gasteiger partial charge in [0.2, 0.25) is 10.0 Å². The van der Waals surface area contributed by atoms with Gasteiger partial charge in [0.25, 0.3) is 0 Å². The van der Waals surface area contributed by atoms with Crippen LogP contribution in [0.5, 0.6) is 0 Å². The van der Waals surface area contributed by atoms with Crippen LogP contribution in [0.2, 0.25) is 5.02 Å². The zero-order valence-corrected chi connectivity index (χ0v) is 11.9. The van der Waals surface area contributed by atoms with Crippen molar-refractivity contribution in [2.75, 3.05) is 13.7 Å². The smallest absolute Gasteiger partial charge is 0.336 e. The molecule has 0 aromatic heterocycles. The van der Waals surface area contributed by atoms with Crippen LogP contribution >= 0.6 is 11.6 Å². The number of aliphatic hydroxyl groups is 1. The van der Waals surface area contributed by atoms with Crippen LogP contribution in [0.4, 0.5) is 0 Å². The average Bonchev–Trinajstić information content (AvgIpc) is 2.43. The minimum absolute atomic E-state index is 0.0103. The molecule has 9 heteroatoms. The van der Waals surface area contributed by atoms with Gasteiger partial charge >= 0.3 is 5.97 Å². The molecule has 1 aromatic rings. The molecule has 0 bridgehead atoms. The van der Waals surface area contributed by atoms with Crippen LogP contribution in [-0.4, -0.2) is 39.3 Å². The first kappa shape index (κ1) is 16.4. The molecule has 0 fully saturated rings. The van der Waals surface area contributed by atoms with E-state index in [0.717, 1.165) is 13.2 Å². The maximum Gasteiger partial charge on any atom is 0.336 e. The van der Waals surface area contributed by atoms with E-state index in [1.165, 1.54) is 12.1 Å². The van der Waals surface area contributed by atoms with E-state index in [1.807, 2.05) is 4.72 Å². The van der Waals surface area contributed by atoms with Crippen molar-refractivity contribution in [1.29, 1.82) is 5.26 Å². The van der Waals surface area contributed by atoms with Gasteiger partial charge in [0.05, 0.1) is 22.6 Å². The lowest BCUT2D eigenvalue weighted by Crippen LogP contribution is -2.37. The molecule has 1 unspecified atom stereocenters. The SMILES string of the molecule is COC(=O)C(O)CNS(=O)(=O)c1ccc(C#N)c(Cl)c1. The molecular formula is C11H11ClN2O5S. The van der Waals surface area contributed by atoms with Gasteiger partial charge in [-0.1, -0.05) is 11.6 Å². The summed E-state index contributed by atoms with van der Waals surface area (Å²) >= 11 is 5.73.